The molecule has 0 amide bonds. The van der Waals surface area contributed by atoms with Gasteiger partial charge in [0.25, 0.3) is 0 Å². The molecule has 1 saturated carbocycles. The van der Waals surface area contributed by atoms with Gasteiger partial charge in [0.1, 0.15) is 0 Å². The molecule has 1 aliphatic rings. The van der Waals surface area contributed by atoms with Crippen LogP contribution in [0.3, 0.4) is 0 Å². The van der Waals surface area contributed by atoms with E-state index >= 15 is 0 Å². The monoisotopic (exact) mass is 279 g/mol. The zero-order chi connectivity index (χ0) is 15.0. The van der Waals surface area contributed by atoms with Crippen molar-refractivity contribution in [2.24, 2.45) is 18.4 Å². The summed E-state index contributed by atoms with van der Waals surface area (Å²) in [5.41, 5.74) is 2.42. The Kier molecular flexibility index (Phi) is 4.26. The van der Waals surface area contributed by atoms with Gasteiger partial charge in [-0.15, -0.1) is 0 Å². The minimum absolute atomic E-state index is 0.149. The maximum atomic E-state index is 9.96. The van der Waals surface area contributed by atoms with Crippen molar-refractivity contribution >= 4 is 0 Å². The van der Waals surface area contributed by atoms with Crippen molar-refractivity contribution in [2.75, 3.05) is 6.61 Å². The van der Waals surface area contributed by atoms with Crippen LogP contribution in [0.2, 0.25) is 0 Å². The Bertz CT molecular complexity index is 466. The van der Waals surface area contributed by atoms with Gasteiger partial charge >= 0.3 is 0 Å². The van der Waals surface area contributed by atoms with Crippen LogP contribution in [0.15, 0.2) is 6.20 Å². The van der Waals surface area contributed by atoms with E-state index in [9.17, 15) is 5.11 Å². The third-order valence-electron chi connectivity index (χ3n) is 4.53. The van der Waals surface area contributed by atoms with Crippen molar-refractivity contribution in [2.45, 2.75) is 59.0 Å². The molecule has 1 heterocycles. The molecule has 2 N–H and O–H groups in total. The van der Waals surface area contributed by atoms with Crippen LogP contribution in [0, 0.1) is 18.3 Å². The van der Waals surface area contributed by atoms with Crippen LogP contribution in [-0.4, -0.2) is 27.0 Å². The van der Waals surface area contributed by atoms with Crippen LogP contribution in [0.5, 0.6) is 0 Å². The molecule has 0 bridgehead atoms. The highest BCUT2D eigenvalue weighted by atomic mass is 16.3. The van der Waals surface area contributed by atoms with Crippen LogP contribution >= 0.6 is 0 Å². The predicted octanol–water partition coefficient (Wildman–Crippen LogP) is 2.40. The number of nitrogens with one attached hydrogen (secondary N) is 1. The Labute approximate surface area is 122 Å². The normalized spacial score (nSPS) is 29.6. The van der Waals surface area contributed by atoms with E-state index in [0.717, 1.165) is 25.1 Å². The molecule has 0 radical (unpaired) electrons. The third kappa shape index (κ3) is 3.41. The Balaban J connectivity index is 2.09. The first-order valence-electron chi connectivity index (χ1n) is 7.60. The van der Waals surface area contributed by atoms with Crippen molar-refractivity contribution in [3.8, 4) is 0 Å². The number of nitrogens with zero attached hydrogens (tertiary/aromatic N) is 2. The van der Waals surface area contributed by atoms with Gasteiger partial charge in [-0.1, -0.05) is 20.8 Å². The van der Waals surface area contributed by atoms with Crippen LogP contribution in [0.4, 0.5) is 0 Å². The second-order valence-electron chi connectivity index (χ2n) is 7.56. The molecule has 1 aromatic heterocycles. The molecule has 4 nitrogen and oxygen atoms in total. The molecule has 0 saturated heterocycles. The van der Waals surface area contributed by atoms with Gasteiger partial charge in [-0.05, 0) is 37.5 Å². The molecule has 2 atom stereocenters. The summed E-state index contributed by atoms with van der Waals surface area (Å²) in [5, 5.41) is 18.0. The van der Waals surface area contributed by atoms with Gasteiger partial charge in [-0.25, -0.2) is 0 Å². The summed E-state index contributed by atoms with van der Waals surface area (Å²) >= 11 is 0. The van der Waals surface area contributed by atoms with Gasteiger partial charge in [-0.3, -0.25) is 4.68 Å². The van der Waals surface area contributed by atoms with Gasteiger partial charge in [0.15, 0.2) is 0 Å². The van der Waals surface area contributed by atoms with Crippen LogP contribution in [0.25, 0.3) is 0 Å². The number of aromatic nitrogens is 2. The van der Waals surface area contributed by atoms with Gasteiger partial charge in [0.05, 0.1) is 12.3 Å². The summed E-state index contributed by atoms with van der Waals surface area (Å²) in [6, 6.07) is 0. The van der Waals surface area contributed by atoms with E-state index in [1.807, 2.05) is 18.7 Å². The highest BCUT2D eigenvalue weighted by Gasteiger charge is 2.42. The smallest absolute Gasteiger partial charge is 0.0638 e. The second kappa shape index (κ2) is 5.49. The highest BCUT2D eigenvalue weighted by molar-refractivity contribution is 5.15. The molecule has 2 unspecified atom stereocenters. The van der Waals surface area contributed by atoms with Crippen LogP contribution < -0.4 is 5.32 Å². The summed E-state index contributed by atoms with van der Waals surface area (Å²) in [5.74, 6) is 0.647. The number of hydrogen-bond acceptors (Lipinski definition) is 3. The lowest BCUT2D eigenvalue weighted by Crippen LogP contribution is -2.54. The lowest BCUT2D eigenvalue weighted by atomic mass is 9.64. The standard InChI is InChI=1S/C16H29N3O/c1-12-6-15(3,4)10-16(7-12,11-20)17-8-14-9-19(5)18-13(14)2/h9,12,17,20H,6-8,10-11H2,1-5H3. The predicted molar refractivity (Wildman–Crippen MR) is 81.4 cm³/mol. The van der Waals surface area contributed by atoms with Crippen molar-refractivity contribution < 1.29 is 5.11 Å². The average molecular weight is 279 g/mol. The topological polar surface area (TPSA) is 50.1 Å². The third-order valence-corrected chi connectivity index (χ3v) is 4.53. The second-order valence-corrected chi connectivity index (χ2v) is 7.56. The minimum Gasteiger partial charge on any atom is -0.394 e. The van der Waals surface area contributed by atoms with Crippen molar-refractivity contribution in [3.63, 3.8) is 0 Å². The molecule has 0 aromatic carbocycles. The summed E-state index contributed by atoms with van der Waals surface area (Å²) in [7, 11) is 1.95. The van der Waals surface area contributed by atoms with Crippen molar-refractivity contribution in [1.82, 2.24) is 15.1 Å². The first-order valence-corrected chi connectivity index (χ1v) is 7.60. The summed E-state index contributed by atoms with van der Waals surface area (Å²) in [6.07, 6.45) is 5.37. The van der Waals surface area contributed by atoms with Crippen molar-refractivity contribution in [3.05, 3.63) is 17.5 Å². The van der Waals surface area contributed by atoms with E-state index in [1.54, 1.807) is 0 Å². The Hall–Kier alpha value is -0.870. The van der Waals surface area contributed by atoms with Crippen LogP contribution in [0.1, 0.15) is 51.3 Å². The fourth-order valence-corrected chi connectivity index (χ4v) is 4.16. The first kappa shape index (κ1) is 15.5. The fourth-order valence-electron chi connectivity index (χ4n) is 4.16. The van der Waals surface area contributed by atoms with Gasteiger partial charge in [0, 0.05) is 30.9 Å². The van der Waals surface area contributed by atoms with E-state index in [4.69, 9.17) is 0 Å². The fraction of sp³-hybridized carbons (Fsp3) is 0.812. The Morgan fingerprint density at radius 3 is 2.65 bits per heavy atom. The SMILES string of the molecule is Cc1nn(C)cc1CNC1(CO)CC(C)CC(C)(C)C1. The molecule has 1 fully saturated rings. The summed E-state index contributed by atoms with van der Waals surface area (Å²) in [4.78, 5) is 0. The number of rotatable bonds is 4. The molecule has 20 heavy (non-hydrogen) atoms. The largest absolute Gasteiger partial charge is 0.394 e. The van der Waals surface area contributed by atoms with Gasteiger partial charge in [0.2, 0.25) is 0 Å². The van der Waals surface area contributed by atoms with Crippen LogP contribution in [-0.2, 0) is 13.6 Å². The van der Waals surface area contributed by atoms with Crippen molar-refractivity contribution in [1.29, 1.82) is 0 Å². The quantitative estimate of drug-likeness (QED) is 0.890. The molecule has 0 spiro atoms. The summed E-state index contributed by atoms with van der Waals surface area (Å²) < 4.78 is 1.85. The molecule has 4 heteroatoms. The van der Waals surface area contributed by atoms with E-state index in [2.05, 4.69) is 37.4 Å². The minimum atomic E-state index is -0.149. The highest BCUT2D eigenvalue weighted by Crippen LogP contribution is 2.43. The maximum absolute atomic E-state index is 9.96. The average Bonchev–Trinajstić information content (AvgIpc) is 2.63. The molecule has 2 rings (SSSR count). The first-order chi connectivity index (χ1) is 9.25. The van der Waals surface area contributed by atoms with E-state index in [0.29, 0.717) is 5.92 Å². The molecule has 114 valence electrons. The Morgan fingerprint density at radius 1 is 1.45 bits per heavy atom. The van der Waals surface area contributed by atoms with Gasteiger partial charge < -0.3 is 10.4 Å². The van der Waals surface area contributed by atoms with E-state index in [-0.39, 0.29) is 17.6 Å². The van der Waals surface area contributed by atoms with Gasteiger partial charge in [-0.2, -0.15) is 5.10 Å². The molecular formula is C16H29N3O. The molecule has 1 aliphatic carbocycles. The number of hydrogen-bond donors (Lipinski definition) is 2. The van der Waals surface area contributed by atoms with E-state index in [1.165, 1.54) is 12.0 Å². The number of aliphatic hydroxyl groups is 1. The lowest BCUT2D eigenvalue weighted by Gasteiger charge is -2.47. The molecular weight excluding hydrogens is 250 g/mol. The zero-order valence-electron chi connectivity index (χ0n) is 13.5. The molecule has 1 aromatic rings. The Morgan fingerprint density at radius 2 is 2.15 bits per heavy atom. The zero-order valence-corrected chi connectivity index (χ0v) is 13.5. The molecule has 0 aliphatic heterocycles. The maximum Gasteiger partial charge on any atom is 0.0638 e. The summed E-state index contributed by atoms with van der Waals surface area (Å²) in [6.45, 7) is 9.94. The number of aliphatic hydroxyl groups excluding tert-OH is 1. The lowest BCUT2D eigenvalue weighted by molar-refractivity contribution is 0.0352. The number of aryl methyl sites for hydroxylation is 2. The van der Waals surface area contributed by atoms with E-state index < -0.39 is 0 Å².